The summed E-state index contributed by atoms with van der Waals surface area (Å²) in [5.41, 5.74) is 3.96. The topological polar surface area (TPSA) is 24.8 Å². The van der Waals surface area contributed by atoms with Crippen LogP contribution in [0, 0.1) is 0 Å². The number of nitrogens with zero attached hydrogens (tertiary/aromatic N) is 2. The van der Waals surface area contributed by atoms with E-state index in [4.69, 9.17) is 9.73 Å². The second kappa shape index (κ2) is 5.11. The number of ether oxygens (including phenoxy) is 1. The third kappa shape index (κ3) is 2.27. The number of aliphatic imine (C=N–C) groups is 1. The molecular weight excluding hydrogens is 224 g/mol. The summed E-state index contributed by atoms with van der Waals surface area (Å²) in [6.45, 7) is 4.37. The Kier molecular flexibility index (Phi) is 3.33. The summed E-state index contributed by atoms with van der Waals surface area (Å²) in [6.07, 6.45) is 3.72. The lowest BCUT2D eigenvalue weighted by Crippen LogP contribution is -2.29. The van der Waals surface area contributed by atoms with Crippen LogP contribution in [0.4, 0.5) is 0 Å². The minimum Gasteiger partial charge on any atom is -0.497 e. The van der Waals surface area contributed by atoms with Gasteiger partial charge >= 0.3 is 0 Å². The standard InChI is InChI=1S/C15H20N2O/c1-18-13-5-4-12-6-7-16-15(14(12)10-13)11-17-8-2-3-9-17/h4-5,10H,2-3,6-9,11H2,1H3. The van der Waals surface area contributed by atoms with Gasteiger partial charge in [-0.25, -0.2) is 0 Å². The van der Waals surface area contributed by atoms with Gasteiger partial charge in [0.2, 0.25) is 0 Å². The maximum atomic E-state index is 5.33. The molecule has 96 valence electrons. The second-order valence-corrected chi connectivity index (χ2v) is 5.08. The van der Waals surface area contributed by atoms with Crippen LogP contribution in [-0.2, 0) is 6.42 Å². The number of likely N-dealkylation sites (tertiary alicyclic amines) is 1. The van der Waals surface area contributed by atoms with Crippen molar-refractivity contribution >= 4 is 5.71 Å². The average molecular weight is 244 g/mol. The van der Waals surface area contributed by atoms with Gasteiger partial charge in [-0.2, -0.15) is 0 Å². The number of hydrogen-bond acceptors (Lipinski definition) is 3. The Balaban J connectivity index is 1.85. The summed E-state index contributed by atoms with van der Waals surface area (Å²) in [7, 11) is 1.72. The van der Waals surface area contributed by atoms with Crippen LogP contribution < -0.4 is 4.74 Å². The summed E-state index contributed by atoms with van der Waals surface area (Å²) in [6, 6.07) is 6.38. The van der Waals surface area contributed by atoms with Gasteiger partial charge in [0.05, 0.1) is 12.8 Å². The van der Waals surface area contributed by atoms with E-state index >= 15 is 0 Å². The lowest BCUT2D eigenvalue weighted by Gasteiger charge is -2.22. The fourth-order valence-electron chi connectivity index (χ4n) is 2.85. The number of rotatable bonds is 3. The highest BCUT2D eigenvalue weighted by atomic mass is 16.5. The Morgan fingerprint density at radius 3 is 2.89 bits per heavy atom. The molecule has 18 heavy (non-hydrogen) atoms. The van der Waals surface area contributed by atoms with E-state index in [1.54, 1.807) is 7.11 Å². The highest BCUT2D eigenvalue weighted by Crippen LogP contribution is 2.23. The first kappa shape index (κ1) is 11.7. The number of benzene rings is 1. The predicted octanol–water partition coefficient (Wildman–Crippen LogP) is 2.14. The molecule has 1 aromatic carbocycles. The predicted molar refractivity (Wildman–Crippen MR) is 73.8 cm³/mol. The Labute approximate surface area is 108 Å². The highest BCUT2D eigenvalue weighted by Gasteiger charge is 2.19. The number of fused-ring (bicyclic) bond motifs is 1. The maximum Gasteiger partial charge on any atom is 0.119 e. The fraction of sp³-hybridized carbons (Fsp3) is 0.533. The average Bonchev–Trinajstić information content (AvgIpc) is 2.91. The van der Waals surface area contributed by atoms with Crippen molar-refractivity contribution in [2.24, 2.45) is 4.99 Å². The van der Waals surface area contributed by atoms with Crippen molar-refractivity contribution in [3.05, 3.63) is 29.3 Å². The van der Waals surface area contributed by atoms with E-state index in [-0.39, 0.29) is 0 Å². The molecule has 0 aliphatic carbocycles. The van der Waals surface area contributed by atoms with E-state index in [9.17, 15) is 0 Å². The first-order chi connectivity index (χ1) is 8.86. The van der Waals surface area contributed by atoms with Crippen molar-refractivity contribution in [3.63, 3.8) is 0 Å². The lowest BCUT2D eigenvalue weighted by molar-refractivity contribution is 0.387. The minimum atomic E-state index is 0.933. The van der Waals surface area contributed by atoms with Gasteiger partial charge in [-0.15, -0.1) is 0 Å². The molecule has 0 unspecified atom stereocenters. The zero-order valence-electron chi connectivity index (χ0n) is 11.0. The third-order valence-electron chi connectivity index (χ3n) is 3.88. The monoisotopic (exact) mass is 244 g/mol. The van der Waals surface area contributed by atoms with Crippen LogP contribution in [0.3, 0.4) is 0 Å². The van der Waals surface area contributed by atoms with Gasteiger partial charge in [0, 0.05) is 18.7 Å². The van der Waals surface area contributed by atoms with Crippen molar-refractivity contribution in [2.75, 3.05) is 33.3 Å². The Morgan fingerprint density at radius 1 is 1.28 bits per heavy atom. The van der Waals surface area contributed by atoms with Crippen molar-refractivity contribution < 1.29 is 4.74 Å². The van der Waals surface area contributed by atoms with E-state index in [0.717, 1.165) is 25.3 Å². The zero-order valence-corrected chi connectivity index (χ0v) is 11.0. The Hall–Kier alpha value is -1.35. The molecule has 2 heterocycles. The normalized spacial score (nSPS) is 19.5. The van der Waals surface area contributed by atoms with Crippen LogP contribution in [-0.4, -0.2) is 43.9 Å². The summed E-state index contributed by atoms with van der Waals surface area (Å²) in [5, 5.41) is 0. The molecule has 2 aliphatic rings. The Bertz CT molecular complexity index is 462. The van der Waals surface area contributed by atoms with Crippen LogP contribution >= 0.6 is 0 Å². The SMILES string of the molecule is COc1ccc2c(c1)C(CN1CCCC1)=NCC2. The molecule has 0 spiro atoms. The van der Waals surface area contributed by atoms with Crippen LogP contribution in [0.25, 0.3) is 0 Å². The fourth-order valence-corrected chi connectivity index (χ4v) is 2.85. The first-order valence-corrected chi connectivity index (χ1v) is 6.80. The smallest absolute Gasteiger partial charge is 0.119 e. The lowest BCUT2D eigenvalue weighted by atomic mass is 9.97. The molecule has 1 aromatic rings. The van der Waals surface area contributed by atoms with Crippen molar-refractivity contribution in [2.45, 2.75) is 19.3 Å². The van der Waals surface area contributed by atoms with Crippen LogP contribution in [0.15, 0.2) is 23.2 Å². The molecule has 1 fully saturated rings. The van der Waals surface area contributed by atoms with Crippen molar-refractivity contribution in [3.8, 4) is 5.75 Å². The molecule has 0 N–H and O–H groups in total. The summed E-state index contributed by atoms with van der Waals surface area (Å²) in [4.78, 5) is 7.24. The van der Waals surface area contributed by atoms with Gasteiger partial charge in [-0.05, 0) is 50.0 Å². The molecule has 3 heteroatoms. The molecule has 0 aromatic heterocycles. The molecule has 0 bridgehead atoms. The van der Waals surface area contributed by atoms with Crippen LogP contribution in [0.2, 0.25) is 0 Å². The van der Waals surface area contributed by atoms with Crippen molar-refractivity contribution in [1.29, 1.82) is 0 Å². The molecular formula is C15H20N2O. The van der Waals surface area contributed by atoms with E-state index in [1.165, 1.54) is 42.8 Å². The van der Waals surface area contributed by atoms with Gasteiger partial charge in [-0.3, -0.25) is 9.89 Å². The zero-order chi connectivity index (χ0) is 12.4. The highest BCUT2D eigenvalue weighted by molar-refractivity contribution is 6.04. The van der Waals surface area contributed by atoms with E-state index in [1.807, 2.05) is 0 Å². The molecule has 2 aliphatic heterocycles. The molecule has 0 atom stereocenters. The molecule has 0 saturated carbocycles. The summed E-state index contributed by atoms with van der Waals surface area (Å²) < 4.78 is 5.33. The second-order valence-electron chi connectivity index (χ2n) is 5.08. The van der Waals surface area contributed by atoms with E-state index in [2.05, 4.69) is 23.1 Å². The minimum absolute atomic E-state index is 0.933. The van der Waals surface area contributed by atoms with Crippen LogP contribution in [0.1, 0.15) is 24.0 Å². The van der Waals surface area contributed by atoms with E-state index in [0.29, 0.717) is 0 Å². The van der Waals surface area contributed by atoms with Gasteiger partial charge in [0.25, 0.3) is 0 Å². The number of methoxy groups -OCH3 is 1. The third-order valence-corrected chi connectivity index (χ3v) is 3.88. The molecule has 3 nitrogen and oxygen atoms in total. The van der Waals surface area contributed by atoms with Gasteiger partial charge in [-0.1, -0.05) is 6.07 Å². The quantitative estimate of drug-likeness (QED) is 0.813. The summed E-state index contributed by atoms with van der Waals surface area (Å²) in [5.74, 6) is 0.935. The molecule has 1 saturated heterocycles. The summed E-state index contributed by atoms with van der Waals surface area (Å²) >= 11 is 0. The largest absolute Gasteiger partial charge is 0.497 e. The molecule has 0 amide bonds. The molecule has 0 radical (unpaired) electrons. The molecule has 3 rings (SSSR count). The Morgan fingerprint density at radius 2 is 2.11 bits per heavy atom. The first-order valence-electron chi connectivity index (χ1n) is 6.80. The van der Waals surface area contributed by atoms with Crippen LogP contribution in [0.5, 0.6) is 5.75 Å². The van der Waals surface area contributed by atoms with Gasteiger partial charge in [0.1, 0.15) is 5.75 Å². The maximum absolute atomic E-state index is 5.33. The van der Waals surface area contributed by atoms with Gasteiger partial charge < -0.3 is 4.74 Å². The van der Waals surface area contributed by atoms with Gasteiger partial charge in [0.15, 0.2) is 0 Å². The van der Waals surface area contributed by atoms with Crippen molar-refractivity contribution in [1.82, 2.24) is 4.90 Å². The van der Waals surface area contributed by atoms with E-state index < -0.39 is 0 Å². The number of hydrogen-bond donors (Lipinski definition) is 0.